The van der Waals surface area contributed by atoms with Gasteiger partial charge >= 0.3 is 0 Å². The third-order valence-corrected chi connectivity index (χ3v) is 6.12. The molecule has 0 aromatic heterocycles. The lowest BCUT2D eigenvalue weighted by Gasteiger charge is -2.42. The van der Waals surface area contributed by atoms with Gasteiger partial charge in [-0.2, -0.15) is 0 Å². The maximum Gasteiger partial charge on any atom is 0.0441 e. The molecule has 0 saturated carbocycles. The molecule has 0 radical (unpaired) electrons. The van der Waals surface area contributed by atoms with Gasteiger partial charge in [0.05, 0.1) is 0 Å². The fraction of sp³-hybridized carbons (Fsp3) is 0.500. The summed E-state index contributed by atoms with van der Waals surface area (Å²) in [5.74, 6) is 0. The predicted molar refractivity (Wildman–Crippen MR) is 111 cm³/mol. The van der Waals surface area contributed by atoms with Crippen LogP contribution in [0.5, 0.6) is 0 Å². The van der Waals surface area contributed by atoms with Gasteiger partial charge in [-0.25, -0.2) is 0 Å². The fourth-order valence-electron chi connectivity index (χ4n) is 4.27. The molecule has 1 nitrogen and oxygen atoms in total. The Balaban J connectivity index is 2.29. The van der Waals surface area contributed by atoms with Crippen molar-refractivity contribution >= 4 is 5.69 Å². The minimum Gasteiger partial charge on any atom is -0.377 e. The van der Waals surface area contributed by atoms with E-state index in [0.717, 1.165) is 0 Å². The van der Waals surface area contributed by atoms with E-state index >= 15 is 0 Å². The van der Waals surface area contributed by atoms with Gasteiger partial charge in [0.15, 0.2) is 0 Å². The smallest absolute Gasteiger partial charge is 0.0441 e. The zero-order chi connectivity index (χ0) is 18.6. The van der Waals surface area contributed by atoms with Gasteiger partial charge in [-0.3, -0.25) is 0 Å². The van der Waals surface area contributed by atoms with Crippen LogP contribution >= 0.6 is 0 Å². The SMILES string of the molecule is Cc1ccc(N(C)C)c(-c2cc3c(cc2C)C(C)(C)CCC3(C)C)c1. The average Bonchev–Trinajstić information content (AvgIpc) is 2.51. The zero-order valence-electron chi connectivity index (χ0n) is 17.2. The van der Waals surface area contributed by atoms with Crippen LogP contribution in [0.2, 0.25) is 0 Å². The van der Waals surface area contributed by atoms with Crippen molar-refractivity contribution in [2.75, 3.05) is 19.0 Å². The Hall–Kier alpha value is -1.76. The number of nitrogens with zero attached hydrogens (tertiary/aromatic N) is 1. The van der Waals surface area contributed by atoms with E-state index in [4.69, 9.17) is 0 Å². The van der Waals surface area contributed by atoms with Gasteiger partial charge in [0.25, 0.3) is 0 Å². The van der Waals surface area contributed by atoms with Crippen LogP contribution in [0.4, 0.5) is 5.69 Å². The van der Waals surface area contributed by atoms with Gasteiger partial charge in [-0.1, -0.05) is 45.4 Å². The molecule has 2 aromatic carbocycles. The van der Waals surface area contributed by atoms with Crippen LogP contribution in [0.15, 0.2) is 30.3 Å². The van der Waals surface area contributed by atoms with Crippen molar-refractivity contribution in [1.29, 1.82) is 0 Å². The van der Waals surface area contributed by atoms with E-state index in [1.165, 1.54) is 46.3 Å². The molecule has 25 heavy (non-hydrogen) atoms. The molecule has 0 saturated heterocycles. The second kappa shape index (κ2) is 5.90. The maximum atomic E-state index is 2.49. The molecule has 0 bridgehead atoms. The molecular formula is C24H33N. The summed E-state index contributed by atoms with van der Waals surface area (Å²) in [6.45, 7) is 14.1. The monoisotopic (exact) mass is 335 g/mol. The zero-order valence-corrected chi connectivity index (χ0v) is 17.2. The van der Waals surface area contributed by atoms with E-state index in [2.05, 4.69) is 90.9 Å². The minimum atomic E-state index is 0.245. The largest absolute Gasteiger partial charge is 0.377 e. The summed E-state index contributed by atoms with van der Waals surface area (Å²) in [5, 5.41) is 0. The predicted octanol–water partition coefficient (Wildman–Crippen LogP) is 6.39. The molecule has 1 heteroatoms. The standard InChI is InChI=1S/C24H33N/c1-16-9-10-22(25(7)8)19(13-16)18-15-21-20(14-17(18)2)23(3,4)11-12-24(21,5)6/h9-10,13-15H,11-12H2,1-8H3. The van der Waals surface area contributed by atoms with Crippen LogP contribution < -0.4 is 4.90 Å². The lowest BCUT2D eigenvalue weighted by Crippen LogP contribution is -2.34. The molecular weight excluding hydrogens is 302 g/mol. The average molecular weight is 336 g/mol. The second-order valence-electron chi connectivity index (χ2n) is 9.40. The van der Waals surface area contributed by atoms with Crippen molar-refractivity contribution < 1.29 is 0 Å². The summed E-state index contributed by atoms with van der Waals surface area (Å²) >= 11 is 0. The number of hydrogen-bond acceptors (Lipinski definition) is 1. The van der Waals surface area contributed by atoms with Crippen molar-refractivity contribution in [2.24, 2.45) is 0 Å². The molecule has 0 unspecified atom stereocenters. The van der Waals surface area contributed by atoms with Gasteiger partial charge in [0.2, 0.25) is 0 Å². The number of aryl methyl sites for hydroxylation is 2. The van der Waals surface area contributed by atoms with Crippen LogP contribution in [-0.2, 0) is 10.8 Å². The van der Waals surface area contributed by atoms with E-state index in [-0.39, 0.29) is 10.8 Å². The van der Waals surface area contributed by atoms with Gasteiger partial charge in [0.1, 0.15) is 0 Å². The first kappa shape index (κ1) is 18.0. The summed E-state index contributed by atoms with van der Waals surface area (Å²) in [6, 6.07) is 11.8. The van der Waals surface area contributed by atoms with Crippen molar-refractivity contribution in [3.8, 4) is 11.1 Å². The Bertz CT molecular complexity index is 809. The fourth-order valence-corrected chi connectivity index (χ4v) is 4.27. The van der Waals surface area contributed by atoms with Gasteiger partial charge in [0, 0.05) is 25.3 Å². The molecule has 0 spiro atoms. The second-order valence-corrected chi connectivity index (χ2v) is 9.40. The van der Waals surface area contributed by atoms with Crippen molar-refractivity contribution in [3.63, 3.8) is 0 Å². The number of hydrogen-bond donors (Lipinski definition) is 0. The Morgan fingerprint density at radius 2 is 1.32 bits per heavy atom. The number of anilines is 1. The number of fused-ring (bicyclic) bond motifs is 1. The molecule has 0 N–H and O–H groups in total. The number of benzene rings is 2. The van der Waals surface area contributed by atoms with Gasteiger partial charge in [-0.05, 0) is 78.0 Å². The van der Waals surface area contributed by atoms with Crippen LogP contribution in [0.3, 0.4) is 0 Å². The molecule has 2 aromatic rings. The van der Waals surface area contributed by atoms with Gasteiger partial charge < -0.3 is 4.90 Å². The molecule has 0 amide bonds. The molecule has 1 aliphatic carbocycles. The summed E-state index contributed by atoms with van der Waals surface area (Å²) in [6.07, 6.45) is 2.52. The molecule has 0 aliphatic heterocycles. The quantitative estimate of drug-likeness (QED) is 0.615. The van der Waals surface area contributed by atoms with E-state index in [1.54, 1.807) is 5.56 Å². The summed E-state index contributed by atoms with van der Waals surface area (Å²) in [4.78, 5) is 2.22. The highest BCUT2D eigenvalue weighted by molar-refractivity contribution is 5.82. The minimum absolute atomic E-state index is 0.245. The normalized spacial score (nSPS) is 17.9. The molecule has 1 aliphatic rings. The third kappa shape index (κ3) is 3.10. The summed E-state index contributed by atoms with van der Waals surface area (Å²) < 4.78 is 0. The first-order valence-electron chi connectivity index (χ1n) is 9.47. The Kier molecular flexibility index (Phi) is 4.26. The first-order chi connectivity index (χ1) is 11.5. The molecule has 0 atom stereocenters. The van der Waals surface area contributed by atoms with E-state index in [1.807, 2.05) is 0 Å². The lowest BCUT2D eigenvalue weighted by atomic mass is 9.62. The molecule has 134 valence electrons. The van der Waals surface area contributed by atoms with E-state index in [0.29, 0.717) is 0 Å². The van der Waals surface area contributed by atoms with Crippen molar-refractivity contribution in [3.05, 3.63) is 52.6 Å². The topological polar surface area (TPSA) is 3.24 Å². The summed E-state index contributed by atoms with van der Waals surface area (Å²) in [7, 11) is 4.27. The lowest BCUT2D eigenvalue weighted by molar-refractivity contribution is 0.332. The molecule has 0 fully saturated rings. The third-order valence-electron chi connectivity index (χ3n) is 6.12. The van der Waals surface area contributed by atoms with Crippen LogP contribution in [0.25, 0.3) is 11.1 Å². The molecule has 3 rings (SSSR count). The Morgan fingerprint density at radius 1 is 0.760 bits per heavy atom. The first-order valence-corrected chi connectivity index (χ1v) is 9.47. The maximum absolute atomic E-state index is 2.49. The highest BCUT2D eigenvalue weighted by Crippen LogP contribution is 2.48. The van der Waals surface area contributed by atoms with E-state index in [9.17, 15) is 0 Å². The van der Waals surface area contributed by atoms with Crippen LogP contribution in [0, 0.1) is 13.8 Å². The van der Waals surface area contributed by atoms with Gasteiger partial charge in [-0.15, -0.1) is 0 Å². The van der Waals surface area contributed by atoms with Crippen molar-refractivity contribution in [2.45, 2.75) is 65.2 Å². The van der Waals surface area contributed by atoms with Crippen LogP contribution in [0.1, 0.15) is 62.8 Å². The van der Waals surface area contributed by atoms with Crippen LogP contribution in [-0.4, -0.2) is 14.1 Å². The van der Waals surface area contributed by atoms with Crippen molar-refractivity contribution in [1.82, 2.24) is 0 Å². The highest BCUT2D eigenvalue weighted by Gasteiger charge is 2.37. The highest BCUT2D eigenvalue weighted by atomic mass is 15.1. The summed E-state index contributed by atoms with van der Waals surface area (Å²) in [5.41, 5.74) is 10.3. The molecule has 0 heterocycles. The number of rotatable bonds is 2. The van der Waals surface area contributed by atoms with E-state index < -0.39 is 0 Å². The Morgan fingerprint density at radius 3 is 1.88 bits per heavy atom. The Labute approximate surface area is 154 Å².